The maximum Gasteiger partial charge on any atom is 0.271 e. The smallest absolute Gasteiger partial charge is 0.271 e. The van der Waals surface area contributed by atoms with Crippen LogP contribution in [0.3, 0.4) is 0 Å². The largest absolute Gasteiger partial charge is 0.387 e. The Morgan fingerprint density at radius 3 is 1.34 bits per heavy atom. The Balaban J connectivity index is 3.43. The second kappa shape index (κ2) is 12.4. The molecule has 2 fully saturated rings. The van der Waals surface area contributed by atoms with E-state index < -0.39 is 117 Å². The summed E-state index contributed by atoms with van der Waals surface area (Å²) >= 11 is 0. The van der Waals surface area contributed by atoms with Crippen molar-refractivity contribution >= 4 is 46.3 Å². The van der Waals surface area contributed by atoms with Crippen LogP contribution < -0.4 is 0 Å². The zero-order valence-corrected chi connectivity index (χ0v) is 26.5. The van der Waals surface area contributed by atoms with Crippen molar-refractivity contribution in [2.45, 2.75) is 126 Å². The molecule has 0 aromatic heterocycles. The van der Waals surface area contributed by atoms with Crippen LogP contribution in [0.4, 0.5) is 0 Å². The Kier molecular flexibility index (Phi) is 10.6. The average Bonchev–Trinajstić information content (AvgIpc) is 2.95. The quantitative estimate of drug-likeness (QED) is 0.0953. The van der Waals surface area contributed by atoms with E-state index in [1.165, 1.54) is 0 Å². The Morgan fingerprint density at radius 2 is 1.02 bits per heavy atom. The number of ether oxygens (including phenoxy) is 3. The van der Waals surface area contributed by atoms with Gasteiger partial charge in [0.05, 0.1) is 0 Å². The van der Waals surface area contributed by atoms with E-state index in [1.807, 2.05) is 0 Å². The molecular formula is C28H38O19. The summed E-state index contributed by atoms with van der Waals surface area (Å²) in [7, 11) is 0. The molecule has 12 atom stereocenters. The number of rotatable bonds is 12. The summed E-state index contributed by atoms with van der Waals surface area (Å²) in [6, 6.07) is 0. The van der Waals surface area contributed by atoms with Crippen LogP contribution in [0.25, 0.3) is 0 Å². The van der Waals surface area contributed by atoms with Gasteiger partial charge in [0.1, 0.15) is 30.5 Å². The zero-order valence-electron chi connectivity index (χ0n) is 26.5. The first-order chi connectivity index (χ1) is 21.1. The number of hydrogen-bond acceptors (Lipinski definition) is 19. The molecule has 0 aliphatic carbocycles. The standard InChI is InChI=1S/C28H38O19/c1-9(29)17(37)19-20(39)23(41,11(3)31)27(44,15(7)35)28(46-19,16(8)36)47-25(13(5)33)21(18(38)10(2)30)45-22(40)24(42,12(4)32)26(25,43)14(6)34/h17-22,37-44H,1-8H3/t17?,18?,19-,20+,21-,22-,23+,24+,25-,26-,27-,28+/m1/s1. The monoisotopic (exact) mass is 678 g/mol. The van der Waals surface area contributed by atoms with Crippen molar-refractivity contribution < 1.29 is 93.4 Å². The summed E-state index contributed by atoms with van der Waals surface area (Å²) in [4.78, 5) is 105. The van der Waals surface area contributed by atoms with Gasteiger partial charge in [-0.3, -0.25) is 38.4 Å². The fraction of sp³-hybridized carbons (Fsp3) is 0.714. The van der Waals surface area contributed by atoms with Crippen molar-refractivity contribution in [2.75, 3.05) is 0 Å². The third kappa shape index (κ3) is 4.83. The van der Waals surface area contributed by atoms with Gasteiger partial charge in [0.15, 0.2) is 63.8 Å². The number of ketones is 8. The molecule has 2 heterocycles. The lowest BCUT2D eigenvalue weighted by Gasteiger charge is -2.64. The van der Waals surface area contributed by atoms with Gasteiger partial charge in [0, 0.05) is 6.92 Å². The minimum atomic E-state index is -4.32. The SMILES string of the molecule is CC(=O)C(O)[C@H]1O[C@](O[C@]2(C(C)=O)[C@@H](C(O)C(C)=O)O[C@@H](O)[C@@](O)(C(C)=O)[C@]2(O)C(C)=O)(C(C)=O)[C@@](O)(C(C)=O)[C@](O)(C(C)=O)[C@H]1O. The second-order valence-electron chi connectivity index (χ2n) is 11.8. The number of aliphatic hydroxyl groups excluding tert-OH is 4. The van der Waals surface area contributed by atoms with E-state index in [0.717, 1.165) is 0 Å². The summed E-state index contributed by atoms with van der Waals surface area (Å²) in [5.41, 5.74) is -20.9. The van der Waals surface area contributed by atoms with Gasteiger partial charge >= 0.3 is 0 Å². The molecule has 19 nitrogen and oxygen atoms in total. The van der Waals surface area contributed by atoms with Gasteiger partial charge in [-0.1, -0.05) is 0 Å². The third-order valence-corrected chi connectivity index (χ3v) is 9.01. The molecule has 0 radical (unpaired) electrons. The van der Waals surface area contributed by atoms with Crippen molar-refractivity contribution in [3.05, 3.63) is 0 Å². The third-order valence-electron chi connectivity index (χ3n) is 9.01. The summed E-state index contributed by atoms with van der Waals surface area (Å²) in [5.74, 6) is -18.1. The van der Waals surface area contributed by atoms with Gasteiger partial charge in [-0.25, -0.2) is 0 Å². The number of hydrogen-bond donors (Lipinski definition) is 8. The van der Waals surface area contributed by atoms with Gasteiger partial charge in [0.25, 0.3) is 5.79 Å². The zero-order chi connectivity index (χ0) is 37.2. The molecule has 2 aliphatic rings. The van der Waals surface area contributed by atoms with Crippen molar-refractivity contribution in [2.24, 2.45) is 0 Å². The van der Waals surface area contributed by atoms with Gasteiger partial charge in [-0.05, 0) is 48.5 Å². The molecule has 2 aliphatic heterocycles. The molecule has 2 saturated heterocycles. The average molecular weight is 679 g/mol. The minimum absolute atomic E-state index is 0.385. The second-order valence-corrected chi connectivity index (χ2v) is 11.8. The summed E-state index contributed by atoms with van der Waals surface area (Å²) < 4.78 is 16.1. The minimum Gasteiger partial charge on any atom is -0.387 e. The number of aliphatic hydroxyl groups is 8. The van der Waals surface area contributed by atoms with E-state index in [4.69, 9.17) is 14.2 Å². The van der Waals surface area contributed by atoms with Gasteiger partial charge in [0.2, 0.25) is 16.8 Å². The van der Waals surface area contributed by atoms with Crippen LogP contribution in [0.1, 0.15) is 55.4 Å². The fourth-order valence-corrected chi connectivity index (χ4v) is 6.34. The van der Waals surface area contributed by atoms with Crippen LogP contribution in [0, 0.1) is 0 Å². The van der Waals surface area contributed by atoms with E-state index in [9.17, 15) is 79.2 Å². The lowest BCUT2D eigenvalue weighted by Crippen LogP contribution is -2.92. The van der Waals surface area contributed by atoms with Crippen molar-refractivity contribution in [3.63, 3.8) is 0 Å². The van der Waals surface area contributed by atoms with Gasteiger partial charge < -0.3 is 55.1 Å². The van der Waals surface area contributed by atoms with Crippen molar-refractivity contribution in [1.82, 2.24) is 0 Å². The van der Waals surface area contributed by atoms with E-state index in [1.54, 1.807) is 0 Å². The van der Waals surface area contributed by atoms with E-state index >= 15 is 0 Å². The van der Waals surface area contributed by atoms with Crippen LogP contribution in [0.2, 0.25) is 0 Å². The highest BCUT2D eigenvalue weighted by atomic mass is 16.8. The van der Waals surface area contributed by atoms with E-state index in [-0.39, 0.29) is 0 Å². The highest BCUT2D eigenvalue weighted by Gasteiger charge is 2.86. The molecule has 2 rings (SSSR count). The molecule has 0 spiro atoms. The normalized spacial score (nSPS) is 41.7. The topological polar surface area (TPSA) is 326 Å². The molecule has 0 amide bonds. The highest BCUT2D eigenvalue weighted by Crippen LogP contribution is 2.55. The van der Waals surface area contributed by atoms with Crippen molar-refractivity contribution in [3.8, 4) is 0 Å². The Labute approximate surface area is 266 Å². The van der Waals surface area contributed by atoms with Crippen molar-refractivity contribution in [1.29, 1.82) is 0 Å². The molecule has 8 N–H and O–H groups in total. The van der Waals surface area contributed by atoms with Crippen LogP contribution in [-0.2, 0) is 52.6 Å². The summed E-state index contributed by atoms with van der Waals surface area (Å²) in [5, 5.41) is 90.7. The number of Topliss-reactive ketones (excluding diaryl/α,β-unsaturated/α-hetero) is 8. The molecule has 0 aromatic rings. The Hall–Kier alpha value is -3.08. The first kappa shape index (κ1) is 40.1. The van der Waals surface area contributed by atoms with Gasteiger partial charge in [-0.2, -0.15) is 0 Å². The predicted octanol–water partition coefficient (Wildman–Crippen LogP) is -5.73. The number of carbonyl (C=O) groups excluding carboxylic acids is 8. The molecule has 0 saturated carbocycles. The maximum absolute atomic E-state index is 13.8. The summed E-state index contributed by atoms with van der Waals surface area (Å²) in [6.45, 7) is 3.79. The molecule has 264 valence electrons. The Morgan fingerprint density at radius 1 is 0.596 bits per heavy atom. The van der Waals surface area contributed by atoms with Crippen LogP contribution >= 0.6 is 0 Å². The van der Waals surface area contributed by atoms with Crippen LogP contribution in [0.5, 0.6) is 0 Å². The number of carbonyl (C=O) groups is 8. The highest BCUT2D eigenvalue weighted by molar-refractivity contribution is 6.08. The van der Waals surface area contributed by atoms with E-state index in [2.05, 4.69) is 0 Å². The Bertz CT molecular complexity index is 1420. The first-order valence-corrected chi connectivity index (χ1v) is 13.8. The molecule has 0 bridgehead atoms. The lowest BCUT2D eigenvalue weighted by molar-refractivity contribution is -0.443. The molecule has 47 heavy (non-hydrogen) atoms. The summed E-state index contributed by atoms with van der Waals surface area (Å²) in [6.07, 6.45) is -17.3. The van der Waals surface area contributed by atoms with Crippen LogP contribution in [0.15, 0.2) is 0 Å². The fourth-order valence-electron chi connectivity index (χ4n) is 6.34. The molecule has 0 aromatic carbocycles. The molecular weight excluding hydrogens is 640 g/mol. The molecule has 19 heteroatoms. The maximum atomic E-state index is 13.8. The lowest BCUT2D eigenvalue weighted by atomic mass is 9.58. The van der Waals surface area contributed by atoms with E-state index in [0.29, 0.717) is 55.4 Å². The van der Waals surface area contributed by atoms with Gasteiger partial charge in [-0.15, -0.1) is 0 Å². The first-order valence-electron chi connectivity index (χ1n) is 13.8. The molecule has 2 unspecified atom stereocenters. The predicted molar refractivity (Wildman–Crippen MR) is 146 cm³/mol. The van der Waals surface area contributed by atoms with Crippen LogP contribution in [-0.4, -0.2) is 158 Å².